The molecule has 2 amide bonds. The zero-order valence-corrected chi connectivity index (χ0v) is 17.3. The topological polar surface area (TPSA) is 62.3 Å². The van der Waals surface area contributed by atoms with Crippen LogP contribution in [-0.2, 0) is 11.3 Å². The van der Waals surface area contributed by atoms with Gasteiger partial charge in [0.05, 0.1) is 17.2 Å². The van der Waals surface area contributed by atoms with Gasteiger partial charge in [-0.1, -0.05) is 17.7 Å². The number of aryl methyl sites for hydroxylation is 2. The minimum Gasteiger partial charge on any atom is -0.350 e. The smallest absolute Gasteiger partial charge is 0.254 e. The van der Waals surface area contributed by atoms with Gasteiger partial charge in [-0.15, -0.1) is 11.3 Å². The van der Waals surface area contributed by atoms with Crippen molar-refractivity contribution in [3.05, 3.63) is 51.0 Å². The Bertz CT molecular complexity index is 880. The number of aromatic nitrogens is 1. The average Bonchev–Trinajstić information content (AvgIpc) is 3.46. The number of carbonyl (C=O) groups excluding carboxylic acids is 2. The molecule has 148 valence electrons. The fraction of sp³-hybridized carbons (Fsp3) is 0.500. The number of amides is 2. The van der Waals surface area contributed by atoms with E-state index in [0.29, 0.717) is 12.5 Å². The number of rotatable bonds is 5. The van der Waals surface area contributed by atoms with E-state index in [1.165, 1.54) is 0 Å². The summed E-state index contributed by atoms with van der Waals surface area (Å²) in [6, 6.07) is 6.06. The number of hydrogen-bond acceptors (Lipinski definition) is 4. The summed E-state index contributed by atoms with van der Waals surface area (Å²) in [5, 5.41) is 6.16. The maximum atomic E-state index is 12.9. The minimum absolute atomic E-state index is 0.141. The first-order chi connectivity index (χ1) is 13.5. The number of thiazole rings is 1. The number of hydrogen-bond donors (Lipinski definition) is 1. The number of likely N-dealkylation sites (tertiary alicyclic amines) is 1. The quantitative estimate of drug-likeness (QED) is 0.835. The first-order valence-electron chi connectivity index (χ1n) is 10.1. The second kappa shape index (κ2) is 8.03. The zero-order valence-electron chi connectivity index (χ0n) is 16.5. The van der Waals surface area contributed by atoms with Gasteiger partial charge >= 0.3 is 0 Å². The van der Waals surface area contributed by atoms with E-state index < -0.39 is 0 Å². The molecule has 0 radical (unpaired) electrons. The Morgan fingerprint density at radius 2 is 1.93 bits per heavy atom. The maximum absolute atomic E-state index is 12.9. The monoisotopic (exact) mass is 397 g/mol. The molecule has 0 bridgehead atoms. The van der Waals surface area contributed by atoms with Crippen LogP contribution in [0.1, 0.15) is 63.8 Å². The molecule has 1 aromatic heterocycles. The number of nitrogens with one attached hydrogen (secondary N) is 1. The Morgan fingerprint density at radius 3 is 2.64 bits per heavy atom. The van der Waals surface area contributed by atoms with Gasteiger partial charge in [0.1, 0.15) is 0 Å². The minimum atomic E-state index is 0.141. The Labute approximate surface area is 170 Å². The van der Waals surface area contributed by atoms with Crippen LogP contribution in [0.15, 0.2) is 23.6 Å². The highest BCUT2D eigenvalue weighted by atomic mass is 32.1. The molecule has 0 spiro atoms. The third-order valence-corrected chi connectivity index (χ3v) is 6.77. The molecular formula is C22H27N3O2S. The van der Waals surface area contributed by atoms with Crippen molar-refractivity contribution in [1.29, 1.82) is 0 Å². The van der Waals surface area contributed by atoms with Crippen molar-refractivity contribution in [2.24, 2.45) is 5.92 Å². The molecule has 6 heteroatoms. The Hall–Kier alpha value is -2.21. The normalized spacial score (nSPS) is 17.6. The van der Waals surface area contributed by atoms with Crippen molar-refractivity contribution in [1.82, 2.24) is 15.2 Å². The summed E-state index contributed by atoms with van der Waals surface area (Å²) in [7, 11) is 0. The number of carbonyl (C=O) groups is 2. The van der Waals surface area contributed by atoms with Gasteiger partial charge in [0.15, 0.2) is 0 Å². The van der Waals surface area contributed by atoms with Crippen molar-refractivity contribution in [3.8, 4) is 0 Å². The molecule has 4 rings (SSSR count). The van der Waals surface area contributed by atoms with E-state index in [9.17, 15) is 9.59 Å². The van der Waals surface area contributed by atoms with Crippen LogP contribution in [-0.4, -0.2) is 34.8 Å². The third kappa shape index (κ3) is 4.27. The molecule has 1 aromatic carbocycles. The molecule has 2 aliphatic rings. The van der Waals surface area contributed by atoms with Crippen molar-refractivity contribution in [3.63, 3.8) is 0 Å². The van der Waals surface area contributed by atoms with Gasteiger partial charge in [0.25, 0.3) is 5.91 Å². The van der Waals surface area contributed by atoms with E-state index in [2.05, 4.69) is 10.7 Å². The van der Waals surface area contributed by atoms with Crippen molar-refractivity contribution < 1.29 is 9.59 Å². The molecule has 2 heterocycles. The molecule has 0 atom stereocenters. The van der Waals surface area contributed by atoms with E-state index in [1.807, 2.05) is 36.9 Å². The fourth-order valence-corrected chi connectivity index (χ4v) is 4.72. The van der Waals surface area contributed by atoms with Gasteiger partial charge in [-0.05, 0) is 51.2 Å². The molecule has 1 aliphatic carbocycles. The lowest BCUT2D eigenvalue weighted by Crippen LogP contribution is -2.38. The van der Waals surface area contributed by atoms with Crippen molar-refractivity contribution in [2.45, 2.75) is 52.0 Å². The van der Waals surface area contributed by atoms with Gasteiger partial charge < -0.3 is 10.2 Å². The van der Waals surface area contributed by atoms with Gasteiger partial charge in [-0.2, -0.15) is 0 Å². The molecule has 2 aromatic rings. The van der Waals surface area contributed by atoms with Crippen LogP contribution in [0.4, 0.5) is 0 Å². The molecule has 5 nitrogen and oxygen atoms in total. The lowest BCUT2D eigenvalue weighted by Gasteiger charge is -2.31. The van der Waals surface area contributed by atoms with Gasteiger partial charge in [-0.25, -0.2) is 4.98 Å². The summed E-state index contributed by atoms with van der Waals surface area (Å²) in [6.45, 7) is 6.08. The molecule has 1 aliphatic heterocycles. The van der Waals surface area contributed by atoms with Crippen LogP contribution in [0.2, 0.25) is 0 Å². The summed E-state index contributed by atoms with van der Waals surface area (Å²) in [6.07, 6.45) is 3.93. The van der Waals surface area contributed by atoms with Crippen LogP contribution in [0.5, 0.6) is 0 Å². The molecular weight excluding hydrogens is 370 g/mol. The summed E-state index contributed by atoms with van der Waals surface area (Å²) < 4.78 is 0. The third-order valence-electron chi connectivity index (χ3n) is 5.72. The van der Waals surface area contributed by atoms with E-state index in [4.69, 9.17) is 4.98 Å². The maximum Gasteiger partial charge on any atom is 0.254 e. The lowest BCUT2D eigenvalue weighted by molar-refractivity contribution is -0.122. The summed E-state index contributed by atoms with van der Waals surface area (Å²) in [4.78, 5) is 31.4. The van der Waals surface area contributed by atoms with Gasteiger partial charge in [0.2, 0.25) is 5.91 Å². The second-order valence-corrected chi connectivity index (χ2v) is 8.94. The SMILES string of the molecule is Cc1ccc(C)c(C(=O)N2CCC(c3nc(CNC(=O)C4CC4)cs3)CC2)c1. The molecule has 0 unspecified atom stereocenters. The highest BCUT2D eigenvalue weighted by Gasteiger charge is 2.30. The lowest BCUT2D eigenvalue weighted by atomic mass is 9.96. The number of piperidine rings is 1. The highest BCUT2D eigenvalue weighted by molar-refractivity contribution is 7.09. The first kappa shape index (κ1) is 19.1. The Morgan fingerprint density at radius 1 is 1.18 bits per heavy atom. The second-order valence-electron chi connectivity index (χ2n) is 8.05. The molecule has 1 saturated carbocycles. The van der Waals surface area contributed by atoms with Gasteiger partial charge in [-0.3, -0.25) is 9.59 Å². The largest absolute Gasteiger partial charge is 0.350 e. The summed E-state index contributed by atoms with van der Waals surface area (Å²) in [5.41, 5.74) is 3.92. The standard InChI is InChI=1S/C22H27N3O2S/c1-14-3-4-15(2)19(11-14)22(27)25-9-7-17(8-10-25)21-24-18(13-28-21)12-23-20(26)16-5-6-16/h3-4,11,13,16-17H,5-10,12H2,1-2H3,(H,23,26). The molecule has 1 N–H and O–H groups in total. The molecule has 2 fully saturated rings. The van der Waals surface area contributed by atoms with E-state index in [-0.39, 0.29) is 17.7 Å². The number of benzene rings is 1. The van der Waals surface area contributed by atoms with Gasteiger partial charge in [0, 0.05) is 35.9 Å². The van der Waals surface area contributed by atoms with Crippen LogP contribution < -0.4 is 5.32 Å². The van der Waals surface area contributed by atoms with Crippen LogP contribution >= 0.6 is 11.3 Å². The Kier molecular flexibility index (Phi) is 5.49. The van der Waals surface area contributed by atoms with E-state index in [1.54, 1.807) is 11.3 Å². The Balaban J connectivity index is 1.32. The predicted octanol–water partition coefficient (Wildman–Crippen LogP) is 3.81. The van der Waals surface area contributed by atoms with Crippen molar-refractivity contribution in [2.75, 3.05) is 13.1 Å². The van der Waals surface area contributed by atoms with Crippen LogP contribution in [0, 0.1) is 19.8 Å². The fourth-order valence-electron chi connectivity index (χ4n) is 3.73. The van der Waals surface area contributed by atoms with Crippen LogP contribution in [0.25, 0.3) is 0 Å². The highest BCUT2D eigenvalue weighted by Crippen LogP contribution is 2.32. The van der Waals surface area contributed by atoms with Crippen molar-refractivity contribution >= 4 is 23.2 Å². The van der Waals surface area contributed by atoms with E-state index >= 15 is 0 Å². The van der Waals surface area contributed by atoms with Crippen LogP contribution in [0.3, 0.4) is 0 Å². The summed E-state index contributed by atoms with van der Waals surface area (Å²) >= 11 is 1.68. The zero-order chi connectivity index (χ0) is 19.7. The molecule has 1 saturated heterocycles. The number of nitrogens with zero attached hydrogens (tertiary/aromatic N) is 2. The van der Waals surface area contributed by atoms with E-state index in [0.717, 1.165) is 66.2 Å². The predicted molar refractivity (Wildman–Crippen MR) is 110 cm³/mol. The molecule has 28 heavy (non-hydrogen) atoms. The average molecular weight is 398 g/mol. The summed E-state index contributed by atoms with van der Waals surface area (Å²) in [5.74, 6) is 0.938. The first-order valence-corrected chi connectivity index (χ1v) is 11.0.